The third-order valence-electron chi connectivity index (χ3n) is 5.34. The quantitative estimate of drug-likeness (QED) is 0.455. The van der Waals surface area contributed by atoms with Crippen LogP contribution in [0.5, 0.6) is 0 Å². The van der Waals surface area contributed by atoms with Crippen molar-refractivity contribution < 1.29 is 9.13 Å². The van der Waals surface area contributed by atoms with E-state index in [2.05, 4.69) is 24.0 Å². The molecule has 164 valence electrons. The predicted octanol–water partition coefficient (Wildman–Crippen LogP) is 6.94. The molecule has 0 amide bonds. The van der Waals surface area contributed by atoms with Crippen molar-refractivity contribution in [3.63, 3.8) is 0 Å². The summed E-state index contributed by atoms with van der Waals surface area (Å²) in [5.74, 6) is 0. The van der Waals surface area contributed by atoms with Gasteiger partial charge in [-0.2, -0.15) is 0 Å². The van der Waals surface area contributed by atoms with Gasteiger partial charge < -0.3 is 9.13 Å². The monoisotopic (exact) mass is 422 g/mol. The van der Waals surface area contributed by atoms with E-state index in [1.165, 1.54) is 0 Å². The van der Waals surface area contributed by atoms with E-state index >= 15 is 0 Å². The maximum absolute atomic E-state index is 13.8. The summed E-state index contributed by atoms with van der Waals surface area (Å²) in [4.78, 5) is 0. The summed E-state index contributed by atoms with van der Waals surface area (Å²) in [6.45, 7) is 30.1. The van der Waals surface area contributed by atoms with Crippen molar-refractivity contribution in [3.05, 3.63) is 0 Å². The molecule has 0 aromatic carbocycles. The van der Waals surface area contributed by atoms with Gasteiger partial charge in [-0.15, -0.1) is 0 Å². The largest absolute Gasteiger partial charge is 0.306 e. The van der Waals surface area contributed by atoms with E-state index in [-0.39, 0.29) is 26.0 Å². The lowest BCUT2D eigenvalue weighted by molar-refractivity contribution is 0.352. The van der Waals surface area contributed by atoms with Crippen LogP contribution < -0.4 is 10.2 Å². The Labute approximate surface area is 170 Å². The Kier molecular flexibility index (Phi) is 8.01. The first-order valence-electron chi connectivity index (χ1n) is 10.1. The fourth-order valence-corrected chi connectivity index (χ4v) is 10.9. The molecular formula is C21H48N2O2P2. The Hall–Kier alpha value is 0.380. The summed E-state index contributed by atoms with van der Waals surface area (Å²) in [5.41, 5.74) is -0.182. The van der Waals surface area contributed by atoms with Gasteiger partial charge in [0.25, 0.3) is 0 Å². The third-order valence-corrected chi connectivity index (χ3v) is 14.1. The second-order valence-electron chi connectivity index (χ2n) is 12.7. The summed E-state index contributed by atoms with van der Waals surface area (Å²) in [6, 6.07) is 0. The fraction of sp³-hybridized carbons (Fsp3) is 1.00. The Morgan fingerprint density at radius 2 is 0.667 bits per heavy atom. The first-order valence-corrected chi connectivity index (χ1v) is 13.5. The maximum atomic E-state index is 13.8. The zero-order chi connectivity index (χ0) is 22.3. The zero-order valence-electron chi connectivity index (χ0n) is 20.6. The van der Waals surface area contributed by atoms with Gasteiger partial charge in [0.1, 0.15) is 0 Å². The number of nitrogens with one attached hydrogen (secondary N) is 2. The fourth-order valence-electron chi connectivity index (χ4n) is 3.67. The molecule has 27 heavy (non-hydrogen) atoms. The van der Waals surface area contributed by atoms with Gasteiger partial charge >= 0.3 is 0 Å². The van der Waals surface area contributed by atoms with Gasteiger partial charge in [-0.3, -0.25) is 10.2 Å². The van der Waals surface area contributed by atoms with Gasteiger partial charge in [-0.1, -0.05) is 96.9 Å². The van der Waals surface area contributed by atoms with Crippen LogP contribution in [0.25, 0.3) is 0 Å². The maximum Gasteiger partial charge on any atom is 0.157 e. The Bertz CT molecular complexity index is 510. The molecule has 0 spiro atoms. The van der Waals surface area contributed by atoms with Crippen molar-refractivity contribution in [2.24, 2.45) is 5.41 Å². The molecule has 0 saturated heterocycles. The van der Waals surface area contributed by atoms with Gasteiger partial charge in [0.2, 0.25) is 0 Å². The molecule has 0 heterocycles. The van der Waals surface area contributed by atoms with E-state index in [0.29, 0.717) is 13.1 Å². The average Bonchev–Trinajstić information content (AvgIpc) is 2.37. The molecule has 2 N–H and O–H groups in total. The molecule has 6 heteroatoms. The molecule has 0 rings (SSSR count). The lowest BCUT2D eigenvalue weighted by Gasteiger charge is -2.45. The van der Waals surface area contributed by atoms with Crippen LogP contribution in [-0.2, 0) is 9.13 Å². The van der Waals surface area contributed by atoms with Crippen molar-refractivity contribution in [2.45, 2.75) is 118 Å². The number of rotatable bonds is 6. The van der Waals surface area contributed by atoms with Crippen LogP contribution in [0.2, 0.25) is 0 Å². The smallest absolute Gasteiger partial charge is 0.157 e. The van der Waals surface area contributed by atoms with Gasteiger partial charge in [-0.05, 0) is 5.41 Å². The molecule has 0 saturated carbocycles. The van der Waals surface area contributed by atoms with Crippen molar-refractivity contribution >= 4 is 14.6 Å². The first-order chi connectivity index (χ1) is 11.4. The Morgan fingerprint density at radius 3 is 0.815 bits per heavy atom. The second kappa shape index (κ2) is 7.90. The van der Waals surface area contributed by atoms with Gasteiger partial charge in [0, 0.05) is 33.7 Å². The van der Waals surface area contributed by atoms with Crippen LogP contribution in [-0.4, -0.2) is 33.7 Å². The van der Waals surface area contributed by atoms with E-state index in [0.717, 1.165) is 0 Å². The second-order valence-corrected chi connectivity index (χ2v) is 21.2. The standard InChI is InChI=1S/C21H48N2O2P2/c1-17(2,3)26(24,18(4,5)6)22-15-21(13,14)16-23-27(25,19(7,8)9)20(10,11)12/h15-16H2,1-14H3,(H,22,24)(H,23,25). The highest BCUT2D eigenvalue weighted by Crippen LogP contribution is 2.65. The van der Waals surface area contributed by atoms with E-state index < -0.39 is 14.6 Å². The molecule has 4 nitrogen and oxygen atoms in total. The van der Waals surface area contributed by atoms with Crippen LogP contribution in [0, 0.1) is 5.41 Å². The van der Waals surface area contributed by atoms with Crippen molar-refractivity contribution in [1.82, 2.24) is 10.2 Å². The van der Waals surface area contributed by atoms with E-state index in [1.54, 1.807) is 0 Å². The predicted molar refractivity (Wildman–Crippen MR) is 124 cm³/mol. The highest BCUT2D eigenvalue weighted by atomic mass is 31.2. The minimum atomic E-state index is -2.66. The van der Waals surface area contributed by atoms with Crippen molar-refractivity contribution in [3.8, 4) is 0 Å². The summed E-state index contributed by atoms with van der Waals surface area (Å²) >= 11 is 0. The molecule has 0 aliphatic rings. The molecule has 0 aliphatic carbocycles. The summed E-state index contributed by atoms with van der Waals surface area (Å²) in [7, 11) is -5.32. The Morgan fingerprint density at radius 1 is 0.481 bits per heavy atom. The van der Waals surface area contributed by atoms with E-state index in [9.17, 15) is 9.13 Å². The van der Waals surface area contributed by atoms with Gasteiger partial charge in [0.15, 0.2) is 14.6 Å². The summed E-state index contributed by atoms with van der Waals surface area (Å²) in [6.07, 6.45) is 0. The average molecular weight is 423 g/mol. The minimum absolute atomic E-state index is 0.182. The molecule has 0 aromatic rings. The van der Waals surface area contributed by atoms with E-state index in [1.807, 2.05) is 83.1 Å². The summed E-state index contributed by atoms with van der Waals surface area (Å²) in [5, 5.41) is 5.64. The Balaban J connectivity index is 5.47. The van der Waals surface area contributed by atoms with Crippen LogP contribution in [0.3, 0.4) is 0 Å². The molecule has 0 atom stereocenters. The molecular weight excluding hydrogens is 374 g/mol. The number of hydrogen-bond donors (Lipinski definition) is 2. The number of hydrogen-bond acceptors (Lipinski definition) is 2. The van der Waals surface area contributed by atoms with E-state index in [4.69, 9.17) is 0 Å². The minimum Gasteiger partial charge on any atom is -0.306 e. The highest BCUT2D eigenvalue weighted by Gasteiger charge is 2.48. The van der Waals surface area contributed by atoms with Gasteiger partial charge in [-0.25, -0.2) is 0 Å². The van der Waals surface area contributed by atoms with Gasteiger partial charge in [0.05, 0.1) is 0 Å². The lowest BCUT2D eigenvalue weighted by atomic mass is 9.94. The van der Waals surface area contributed by atoms with Crippen LogP contribution >= 0.6 is 14.6 Å². The zero-order valence-corrected chi connectivity index (χ0v) is 22.4. The molecule has 0 unspecified atom stereocenters. The SMILES string of the molecule is CC(C)(CNP(=O)(C(C)(C)C)C(C)(C)C)CNP(=O)(C(C)(C)C)C(C)(C)C. The van der Waals surface area contributed by atoms with Crippen molar-refractivity contribution in [2.75, 3.05) is 13.1 Å². The molecule has 0 aromatic heterocycles. The molecule has 0 bridgehead atoms. The third kappa shape index (κ3) is 6.18. The normalized spacial score (nSPS) is 15.9. The van der Waals surface area contributed by atoms with Crippen LogP contribution in [0.4, 0.5) is 0 Å². The molecule has 0 aliphatic heterocycles. The molecule has 0 fully saturated rings. The van der Waals surface area contributed by atoms with Crippen molar-refractivity contribution in [1.29, 1.82) is 0 Å². The highest BCUT2D eigenvalue weighted by molar-refractivity contribution is 7.65. The summed E-state index contributed by atoms with van der Waals surface area (Å²) < 4.78 is 27.7. The molecule has 0 radical (unpaired) electrons. The van der Waals surface area contributed by atoms with Crippen LogP contribution in [0.15, 0.2) is 0 Å². The topological polar surface area (TPSA) is 58.2 Å². The first kappa shape index (κ1) is 27.4. The van der Waals surface area contributed by atoms with Crippen LogP contribution in [0.1, 0.15) is 96.9 Å². The lowest BCUT2D eigenvalue weighted by Crippen LogP contribution is -2.45.